The number of unbranched alkanes of at least 4 members (excludes halogenated alkanes) is 2. The molecule has 0 saturated heterocycles. The number of carbonyl (C=O) groups excluding carboxylic acids is 1. The summed E-state index contributed by atoms with van der Waals surface area (Å²) in [6, 6.07) is 0. The van der Waals surface area contributed by atoms with Crippen LogP contribution in [0.15, 0.2) is 37.0 Å². The Balaban J connectivity index is 5.61. The summed E-state index contributed by atoms with van der Waals surface area (Å²) in [5, 5.41) is 0.0881. The minimum absolute atomic E-state index is 0.0691. The van der Waals surface area contributed by atoms with Gasteiger partial charge < -0.3 is 13.9 Å². The second kappa shape index (κ2) is 14.2. The van der Waals surface area contributed by atoms with Crippen LogP contribution in [-0.2, 0) is 18.7 Å². The maximum absolute atomic E-state index is 12.4. The summed E-state index contributed by atoms with van der Waals surface area (Å²) in [5.41, 5.74) is 1.05. The predicted molar refractivity (Wildman–Crippen MR) is 139 cm³/mol. The van der Waals surface area contributed by atoms with Crippen LogP contribution >= 0.6 is 0 Å². The van der Waals surface area contributed by atoms with Gasteiger partial charge >= 0.3 is 5.97 Å². The van der Waals surface area contributed by atoms with E-state index in [2.05, 4.69) is 73.9 Å². The zero-order valence-corrected chi connectivity index (χ0v) is 23.5. The standard InChI is InChI=1S/C27H50O4Si/c1-13-15-16-17-18-24(28)30-25(20(3)4)21(5)19-22(6)26(23(14-2)29-10)31-32(11,12)27(7,8)9/h13-14,19-20,22-23,25-26H,1-2,15-18H2,3-12H3/b21-19-/t22?,23-,25+,26-/m0/s1. The molecule has 0 aliphatic heterocycles. The molecule has 4 atom stereocenters. The number of carbonyl (C=O) groups is 1. The van der Waals surface area contributed by atoms with Crippen LogP contribution in [0.3, 0.4) is 0 Å². The van der Waals surface area contributed by atoms with Crippen molar-refractivity contribution in [2.75, 3.05) is 7.11 Å². The molecule has 1 unspecified atom stereocenters. The van der Waals surface area contributed by atoms with Crippen molar-refractivity contribution >= 4 is 14.3 Å². The van der Waals surface area contributed by atoms with Crippen molar-refractivity contribution in [3.05, 3.63) is 37.0 Å². The molecule has 0 rings (SSSR count). The fourth-order valence-electron chi connectivity index (χ4n) is 3.47. The Bertz CT molecular complexity index is 616. The van der Waals surface area contributed by atoms with Crippen LogP contribution in [-0.4, -0.2) is 39.7 Å². The van der Waals surface area contributed by atoms with Crippen molar-refractivity contribution in [1.29, 1.82) is 0 Å². The Hall–Kier alpha value is -1.17. The van der Waals surface area contributed by atoms with Gasteiger partial charge in [-0.25, -0.2) is 0 Å². The minimum atomic E-state index is -2.02. The lowest BCUT2D eigenvalue weighted by Crippen LogP contribution is -2.49. The molecule has 0 bridgehead atoms. The number of esters is 1. The Labute approximate surface area is 199 Å². The van der Waals surface area contributed by atoms with Crippen LogP contribution in [0.1, 0.15) is 74.1 Å². The molecule has 0 N–H and O–H groups in total. The van der Waals surface area contributed by atoms with Crippen molar-refractivity contribution in [1.82, 2.24) is 0 Å². The number of allylic oxidation sites excluding steroid dienone is 1. The maximum atomic E-state index is 12.4. The zero-order valence-electron chi connectivity index (χ0n) is 22.5. The first-order valence-corrected chi connectivity index (χ1v) is 14.9. The first-order valence-electron chi connectivity index (χ1n) is 12.0. The normalized spacial score (nSPS) is 16.9. The number of hydrogen-bond acceptors (Lipinski definition) is 4. The third-order valence-corrected chi connectivity index (χ3v) is 10.9. The van der Waals surface area contributed by atoms with Crippen LogP contribution in [0.2, 0.25) is 18.1 Å². The van der Waals surface area contributed by atoms with Gasteiger partial charge in [-0.2, -0.15) is 0 Å². The molecule has 0 aromatic carbocycles. The molecule has 0 heterocycles. The SMILES string of the molecule is C=CCCCCC(=O)O[C@@H](/C(C)=C\C(C)[C@H](O[Si](C)(C)C(C)(C)C)[C@H](C=C)OC)C(C)C. The first-order chi connectivity index (χ1) is 14.7. The van der Waals surface area contributed by atoms with Crippen LogP contribution < -0.4 is 0 Å². The van der Waals surface area contributed by atoms with Gasteiger partial charge in [-0.3, -0.25) is 4.79 Å². The molecule has 0 amide bonds. The van der Waals surface area contributed by atoms with E-state index in [1.54, 1.807) is 7.11 Å². The maximum Gasteiger partial charge on any atom is 0.306 e. The fourth-order valence-corrected chi connectivity index (χ4v) is 4.86. The van der Waals surface area contributed by atoms with E-state index < -0.39 is 8.32 Å². The quantitative estimate of drug-likeness (QED) is 0.109. The van der Waals surface area contributed by atoms with Gasteiger partial charge in [0.1, 0.15) is 12.2 Å². The number of ether oxygens (including phenoxy) is 2. The topological polar surface area (TPSA) is 44.8 Å². The predicted octanol–water partition coefficient (Wildman–Crippen LogP) is 7.47. The molecule has 0 spiro atoms. The largest absolute Gasteiger partial charge is 0.458 e. The lowest BCUT2D eigenvalue weighted by atomic mass is 9.92. The average Bonchev–Trinajstić information content (AvgIpc) is 2.68. The lowest BCUT2D eigenvalue weighted by Gasteiger charge is -2.42. The van der Waals surface area contributed by atoms with E-state index in [1.807, 2.05) is 19.1 Å². The van der Waals surface area contributed by atoms with Crippen molar-refractivity contribution in [2.45, 2.75) is 111 Å². The second-order valence-electron chi connectivity index (χ2n) is 10.7. The summed E-state index contributed by atoms with van der Waals surface area (Å²) < 4.78 is 18.4. The van der Waals surface area contributed by atoms with E-state index in [9.17, 15) is 4.79 Å². The van der Waals surface area contributed by atoms with E-state index in [1.165, 1.54) is 0 Å². The molecular weight excluding hydrogens is 416 g/mol. The Morgan fingerprint density at radius 2 is 1.69 bits per heavy atom. The summed E-state index contributed by atoms with van der Waals surface area (Å²) in [4.78, 5) is 12.4. The van der Waals surface area contributed by atoms with E-state index in [0.29, 0.717) is 6.42 Å². The van der Waals surface area contributed by atoms with Gasteiger partial charge in [0.2, 0.25) is 0 Å². The minimum Gasteiger partial charge on any atom is -0.458 e. The van der Waals surface area contributed by atoms with Gasteiger partial charge in [-0.15, -0.1) is 13.2 Å². The first kappa shape index (κ1) is 30.8. The highest BCUT2D eigenvalue weighted by Gasteiger charge is 2.41. The van der Waals surface area contributed by atoms with Gasteiger partial charge in [-0.05, 0) is 55.8 Å². The highest BCUT2D eigenvalue weighted by Crippen LogP contribution is 2.39. The lowest BCUT2D eigenvalue weighted by molar-refractivity contribution is -0.149. The van der Waals surface area contributed by atoms with E-state index in [4.69, 9.17) is 13.9 Å². The van der Waals surface area contributed by atoms with E-state index >= 15 is 0 Å². The monoisotopic (exact) mass is 466 g/mol. The highest BCUT2D eigenvalue weighted by atomic mass is 28.4. The van der Waals surface area contributed by atoms with Crippen LogP contribution in [0, 0.1) is 11.8 Å². The van der Waals surface area contributed by atoms with Crippen LogP contribution in [0.25, 0.3) is 0 Å². The van der Waals surface area contributed by atoms with E-state index in [0.717, 1.165) is 24.8 Å². The third-order valence-electron chi connectivity index (χ3n) is 6.46. The van der Waals surface area contributed by atoms with Crippen molar-refractivity contribution < 1.29 is 18.7 Å². The molecule has 0 fully saturated rings. The molecule has 0 aliphatic carbocycles. The molecule has 0 saturated carbocycles. The molecule has 0 aromatic rings. The van der Waals surface area contributed by atoms with Crippen molar-refractivity contribution in [3.8, 4) is 0 Å². The summed E-state index contributed by atoms with van der Waals surface area (Å²) in [7, 11) is -0.326. The highest BCUT2D eigenvalue weighted by molar-refractivity contribution is 6.74. The number of methoxy groups -OCH3 is 1. The van der Waals surface area contributed by atoms with Gasteiger partial charge in [0.25, 0.3) is 0 Å². The van der Waals surface area contributed by atoms with E-state index in [-0.39, 0.29) is 41.2 Å². The summed E-state index contributed by atoms with van der Waals surface area (Å²) in [5.74, 6) is 0.121. The summed E-state index contributed by atoms with van der Waals surface area (Å²) >= 11 is 0. The third kappa shape index (κ3) is 10.2. The number of rotatable bonds is 15. The van der Waals surface area contributed by atoms with Gasteiger partial charge in [0.15, 0.2) is 8.32 Å². The zero-order chi connectivity index (χ0) is 25.1. The van der Waals surface area contributed by atoms with Gasteiger partial charge in [0.05, 0.1) is 6.10 Å². The molecular formula is C27H50O4Si. The Kier molecular flexibility index (Phi) is 13.6. The molecule has 0 aliphatic rings. The Morgan fingerprint density at radius 1 is 1.09 bits per heavy atom. The van der Waals surface area contributed by atoms with Gasteiger partial charge in [-0.1, -0.05) is 59.8 Å². The van der Waals surface area contributed by atoms with Crippen molar-refractivity contribution in [3.63, 3.8) is 0 Å². The molecule has 186 valence electrons. The fraction of sp³-hybridized carbons (Fsp3) is 0.741. The summed E-state index contributed by atoms with van der Waals surface area (Å²) in [6.07, 6.45) is 8.43. The molecule has 0 radical (unpaired) electrons. The molecule has 5 heteroatoms. The van der Waals surface area contributed by atoms with Crippen LogP contribution in [0.4, 0.5) is 0 Å². The Morgan fingerprint density at radius 3 is 2.12 bits per heavy atom. The second-order valence-corrected chi connectivity index (χ2v) is 15.5. The molecule has 0 aromatic heterocycles. The summed E-state index contributed by atoms with van der Waals surface area (Å²) in [6.45, 7) is 27.3. The molecule has 4 nitrogen and oxygen atoms in total. The number of hydrogen-bond donors (Lipinski definition) is 0. The van der Waals surface area contributed by atoms with Crippen LogP contribution in [0.5, 0.6) is 0 Å². The average molecular weight is 467 g/mol. The van der Waals surface area contributed by atoms with Gasteiger partial charge in [0, 0.05) is 19.4 Å². The smallest absolute Gasteiger partial charge is 0.306 e. The molecule has 32 heavy (non-hydrogen) atoms. The van der Waals surface area contributed by atoms with Crippen molar-refractivity contribution in [2.24, 2.45) is 11.8 Å².